The molecular formula is C12H21NO2. The molecule has 2 rings (SSSR count). The summed E-state index contributed by atoms with van der Waals surface area (Å²) in [5, 5.41) is 9.02. The molecule has 86 valence electrons. The average Bonchev–Trinajstić information content (AvgIpc) is 2.23. The third-order valence-corrected chi connectivity index (χ3v) is 5.27. The zero-order valence-electron chi connectivity index (χ0n) is 9.57. The van der Waals surface area contributed by atoms with Crippen molar-refractivity contribution < 1.29 is 9.90 Å². The molecule has 2 fully saturated rings. The van der Waals surface area contributed by atoms with Crippen LogP contribution in [0.25, 0.3) is 0 Å². The molecule has 3 heteroatoms. The molecule has 2 saturated carbocycles. The summed E-state index contributed by atoms with van der Waals surface area (Å²) < 4.78 is 0. The highest BCUT2D eigenvalue weighted by Gasteiger charge is 2.61. The number of fused-ring (bicyclic) bond motifs is 1. The maximum Gasteiger partial charge on any atom is 0.303 e. The normalized spacial score (nSPS) is 48.5. The molecule has 0 heterocycles. The van der Waals surface area contributed by atoms with Gasteiger partial charge in [-0.3, -0.25) is 4.79 Å². The smallest absolute Gasteiger partial charge is 0.303 e. The van der Waals surface area contributed by atoms with Gasteiger partial charge in [0, 0.05) is 0 Å². The summed E-state index contributed by atoms with van der Waals surface area (Å²) in [6, 6.07) is 0. The quantitative estimate of drug-likeness (QED) is 0.747. The van der Waals surface area contributed by atoms with Crippen LogP contribution in [0.15, 0.2) is 0 Å². The maximum atomic E-state index is 11.0. The van der Waals surface area contributed by atoms with Gasteiger partial charge in [-0.05, 0) is 48.5 Å². The number of hydrogen-bond donors (Lipinski definition) is 2. The predicted molar refractivity (Wildman–Crippen MR) is 58.3 cm³/mol. The molecule has 15 heavy (non-hydrogen) atoms. The lowest BCUT2D eigenvalue weighted by atomic mass is 9.56. The maximum absolute atomic E-state index is 11.0. The van der Waals surface area contributed by atoms with Crippen molar-refractivity contribution in [2.75, 3.05) is 6.54 Å². The van der Waals surface area contributed by atoms with Crippen LogP contribution < -0.4 is 5.73 Å². The van der Waals surface area contributed by atoms with Gasteiger partial charge in [0.25, 0.3) is 0 Å². The van der Waals surface area contributed by atoms with Crippen molar-refractivity contribution in [1.82, 2.24) is 0 Å². The Morgan fingerprint density at radius 2 is 2.20 bits per heavy atom. The summed E-state index contributed by atoms with van der Waals surface area (Å²) in [7, 11) is 0. The largest absolute Gasteiger partial charge is 0.481 e. The molecule has 3 nitrogen and oxygen atoms in total. The monoisotopic (exact) mass is 211 g/mol. The van der Waals surface area contributed by atoms with Gasteiger partial charge in [0.1, 0.15) is 0 Å². The third-order valence-electron chi connectivity index (χ3n) is 5.27. The van der Waals surface area contributed by atoms with Crippen LogP contribution in [0.1, 0.15) is 33.1 Å². The van der Waals surface area contributed by atoms with E-state index in [0.717, 1.165) is 6.42 Å². The molecule has 2 aliphatic carbocycles. The number of aliphatic carboxylic acids is 1. The highest BCUT2D eigenvalue weighted by molar-refractivity contribution is 5.68. The van der Waals surface area contributed by atoms with Gasteiger partial charge in [-0.1, -0.05) is 13.8 Å². The topological polar surface area (TPSA) is 63.3 Å². The summed E-state index contributed by atoms with van der Waals surface area (Å²) in [6.07, 6.45) is 2.64. The molecule has 0 radical (unpaired) electrons. The minimum Gasteiger partial charge on any atom is -0.481 e. The molecule has 0 amide bonds. The first kappa shape index (κ1) is 10.9. The van der Waals surface area contributed by atoms with Gasteiger partial charge in [0.05, 0.1) is 6.42 Å². The first-order chi connectivity index (χ1) is 7.03. The van der Waals surface area contributed by atoms with E-state index in [4.69, 9.17) is 10.8 Å². The van der Waals surface area contributed by atoms with Crippen LogP contribution in [0, 0.1) is 29.1 Å². The van der Waals surface area contributed by atoms with Gasteiger partial charge in [-0.2, -0.15) is 0 Å². The van der Waals surface area contributed by atoms with Crippen LogP contribution >= 0.6 is 0 Å². The number of nitrogens with two attached hydrogens (primary N) is 1. The van der Waals surface area contributed by atoms with Crippen molar-refractivity contribution in [3.63, 3.8) is 0 Å². The number of rotatable bonds is 3. The zero-order chi connectivity index (χ0) is 11.2. The van der Waals surface area contributed by atoms with Crippen LogP contribution in [0.5, 0.6) is 0 Å². The molecular weight excluding hydrogens is 190 g/mol. The first-order valence-electron chi connectivity index (χ1n) is 5.95. The molecule has 0 aliphatic heterocycles. The average molecular weight is 211 g/mol. The lowest BCUT2D eigenvalue weighted by molar-refractivity contribution is -0.144. The van der Waals surface area contributed by atoms with Gasteiger partial charge >= 0.3 is 5.97 Å². The van der Waals surface area contributed by atoms with Crippen molar-refractivity contribution in [2.24, 2.45) is 34.8 Å². The van der Waals surface area contributed by atoms with Gasteiger partial charge in [0.2, 0.25) is 0 Å². The number of carbonyl (C=O) groups is 1. The van der Waals surface area contributed by atoms with Gasteiger partial charge in [-0.15, -0.1) is 0 Å². The second kappa shape index (κ2) is 3.48. The highest BCUT2D eigenvalue weighted by atomic mass is 16.4. The van der Waals surface area contributed by atoms with Crippen LogP contribution in [0.4, 0.5) is 0 Å². The second-order valence-corrected chi connectivity index (χ2v) is 5.50. The molecule has 5 atom stereocenters. The van der Waals surface area contributed by atoms with Crippen molar-refractivity contribution in [2.45, 2.75) is 33.1 Å². The van der Waals surface area contributed by atoms with Gasteiger partial charge < -0.3 is 10.8 Å². The Morgan fingerprint density at radius 1 is 1.53 bits per heavy atom. The van der Waals surface area contributed by atoms with E-state index in [0.29, 0.717) is 36.6 Å². The van der Waals surface area contributed by atoms with E-state index in [1.54, 1.807) is 0 Å². The number of carboxylic acids is 1. The van der Waals surface area contributed by atoms with E-state index in [1.807, 2.05) is 0 Å². The highest BCUT2D eigenvalue weighted by Crippen LogP contribution is 2.66. The Hall–Kier alpha value is -0.570. The fraction of sp³-hybridized carbons (Fsp3) is 0.917. The summed E-state index contributed by atoms with van der Waals surface area (Å²) in [5.41, 5.74) is 5.89. The fourth-order valence-corrected chi connectivity index (χ4v) is 4.29. The Kier molecular flexibility index (Phi) is 2.53. The van der Waals surface area contributed by atoms with E-state index in [-0.39, 0.29) is 5.41 Å². The van der Waals surface area contributed by atoms with E-state index >= 15 is 0 Å². The summed E-state index contributed by atoms with van der Waals surface area (Å²) in [4.78, 5) is 11.0. The zero-order valence-corrected chi connectivity index (χ0v) is 9.57. The van der Waals surface area contributed by atoms with Crippen molar-refractivity contribution in [3.8, 4) is 0 Å². The van der Waals surface area contributed by atoms with E-state index in [2.05, 4.69) is 13.8 Å². The number of carboxylic acid groups (broad SMARTS) is 1. The standard InChI is InChI=1S/C12H21NO2/c1-7-9(6-13)8(2)12(5-11(14)15)4-3-10(7)12/h7-10H,3-6,13H2,1-2H3,(H,14,15)/t7-,8-,9?,10-,12+/m1/s1. The Balaban J connectivity index is 2.22. The Labute approximate surface area is 91.0 Å². The Bertz CT molecular complexity index is 279. The van der Waals surface area contributed by atoms with E-state index in [1.165, 1.54) is 6.42 Å². The molecule has 2 aliphatic rings. The SMILES string of the molecule is C[C@@H]1C(CN)[C@@H](C)[C@@]2(CC(=O)O)CC[C@H]12. The lowest BCUT2D eigenvalue weighted by Gasteiger charge is -2.48. The molecule has 3 N–H and O–H groups in total. The molecule has 0 spiro atoms. The number of hydrogen-bond acceptors (Lipinski definition) is 2. The molecule has 0 aromatic rings. The van der Waals surface area contributed by atoms with Crippen molar-refractivity contribution in [3.05, 3.63) is 0 Å². The third kappa shape index (κ3) is 1.32. The van der Waals surface area contributed by atoms with E-state index < -0.39 is 5.97 Å². The minimum absolute atomic E-state index is 0.0787. The molecule has 1 unspecified atom stereocenters. The van der Waals surface area contributed by atoms with Crippen LogP contribution in [0.3, 0.4) is 0 Å². The molecule has 0 saturated heterocycles. The Morgan fingerprint density at radius 3 is 2.60 bits per heavy atom. The van der Waals surface area contributed by atoms with Crippen molar-refractivity contribution >= 4 is 5.97 Å². The first-order valence-corrected chi connectivity index (χ1v) is 5.95. The van der Waals surface area contributed by atoms with Crippen LogP contribution in [0.2, 0.25) is 0 Å². The summed E-state index contributed by atoms with van der Waals surface area (Å²) in [6.45, 7) is 5.16. The summed E-state index contributed by atoms with van der Waals surface area (Å²) in [5.74, 6) is 1.58. The minimum atomic E-state index is -0.642. The van der Waals surface area contributed by atoms with Gasteiger partial charge in [-0.25, -0.2) is 0 Å². The van der Waals surface area contributed by atoms with Gasteiger partial charge in [0.15, 0.2) is 0 Å². The summed E-state index contributed by atoms with van der Waals surface area (Å²) >= 11 is 0. The van der Waals surface area contributed by atoms with Crippen LogP contribution in [-0.4, -0.2) is 17.6 Å². The second-order valence-electron chi connectivity index (χ2n) is 5.50. The predicted octanol–water partition coefficient (Wildman–Crippen LogP) is 1.72. The molecule has 0 aromatic carbocycles. The molecule has 0 bridgehead atoms. The van der Waals surface area contributed by atoms with Crippen LogP contribution in [-0.2, 0) is 4.79 Å². The fourth-order valence-electron chi connectivity index (χ4n) is 4.29. The van der Waals surface area contributed by atoms with Crippen molar-refractivity contribution in [1.29, 1.82) is 0 Å². The van der Waals surface area contributed by atoms with E-state index in [9.17, 15) is 4.79 Å². The lowest BCUT2D eigenvalue weighted by Crippen LogP contribution is -2.43. The molecule has 0 aromatic heterocycles.